The molecule has 32 heavy (non-hydrogen) atoms. The number of ether oxygens (including phenoxy) is 1. The van der Waals surface area contributed by atoms with Crippen molar-refractivity contribution in [3.63, 3.8) is 0 Å². The van der Waals surface area contributed by atoms with Crippen molar-refractivity contribution in [1.29, 1.82) is 0 Å². The van der Waals surface area contributed by atoms with Gasteiger partial charge in [0, 0.05) is 38.8 Å². The van der Waals surface area contributed by atoms with Crippen LogP contribution in [0.2, 0.25) is 0 Å². The van der Waals surface area contributed by atoms with E-state index in [4.69, 9.17) is 4.74 Å². The van der Waals surface area contributed by atoms with Crippen LogP contribution in [-0.4, -0.2) is 56.2 Å². The maximum absolute atomic E-state index is 12.8. The van der Waals surface area contributed by atoms with Crippen molar-refractivity contribution in [2.45, 2.75) is 38.3 Å². The fourth-order valence-corrected chi connectivity index (χ4v) is 4.54. The first-order valence-electron chi connectivity index (χ1n) is 11.4. The van der Waals surface area contributed by atoms with Crippen LogP contribution in [-0.2, 0) is 11.3 Å². The molecule has 0 atom stereocenters. The highest BCUT2D eigenvalue weighted by Crippen LogP contribution is 2.30. The Bertz CT molecular complexity index is 920. The van der Waals surface area contributed by atoms with Gasteiger partial charge in [-0.15, -0.1) is 0 Å². The molecule has 2 aliphatic heterocycles. The summed E-state index contributed by atoms with van der Waals surface area (Å²) in [6.45, 7) is 4.76. The molecule has 2 saturated heterocycles. The van der Waals surface area contributed by atoms with E-state index < -0.39 is 5.97 Å². The van der Waals surface area contributed by atoms with Gasteiger partial charge < -0.3 is 20.3 Å². The molecule has 4 rings (SSSR count). The minimum absolute atomic E-state index is 0.140. The van der Waals surface area contributed by atoms with Gasteiger partial charge in [0.15, 0.2) is 0 Å². The summed E-state index contributed by atoms with van der Waals surface area (Å²) in [5.74, 6) is -0.410. The highest BCUT2D eigenvalue weighted by molar-refractivity contribution is 5.97. The van der Waals surface area contributed by atoms with E-state index in [-0.39, 0.29) is 12.1 Å². The molecular formula is C25H32N4O3. The molecule has 7 nitrogen and oxygen atoms in total. The predicted molar refractivity (Wildman–Crippen MR) is 126 cm³/mol. The number of piperidine rings is 1. The summed E-state index contributed by atoms with van der Waals surface area (Å²) in [5, 5.41) is 6.11. The zero-order chi connectivity index (χ0) is 22.3. The van der Waals surface area contributed by atoms with E-state index in [1.807, 2.05) is 12.1 Å². The van der Waals surface area contributed by atoms with Crippen molar-refractivity contribution in [3.8, 4) is 0 Å². The molecule has 7 heteroatoms. The largest absolute Gasteiger partial charge is 0.465 e. The van der Waals surface area contributed by atoms with Crippen LogP contribution in [0.4, 0.5) is 16.2 Å². The van der Waals surface area contributed by atoms with Crippen molar-refractivity contribution in [3.05, 3.63) is 59.7 Å². The average molecular weight is 437 g/mol. The van der Waals surface area contributed by atoms with Gasteiger partial charge in [0.05, 0.1) is 24.0 Å². The molecule has 0 radical (unpaired) electrons. The predicted octanol–water partition coefficient (Wildman–Crippen LogP) is 3.86. The Morgan fingerprint density at radius 2 is 1.72 bits per heavy atom. The third kappa shape index (κ3) is 5.59. The second-order valence-corrected chi connectivity index (χ2v) is 8.55. The first-order chi connectivity index (χ1) is 15.6. The van der Waals surface area contributed by atoms with Crippen LogP contribution in [0.15, 0.2) is 48.5 Å². The zero-order valence-electron chi connectivity index (χ0n) is 18.7. The number of anilines is 2. The number of hydrogen-bond acceptors (Lipinski definition) is 5. The first kappa shape index (κ1) is 22.1. The highest BCUT2D eigenvalue weighted by Gasteiger charge is 2.23. The van der Waals surface area contributed by atoms with Gasteiger partial charge in [-0.05, 0) is 49.4 Å². The lowest BCUT2D eigenvalue weighted by Crippen LogP contribution is -2.45. The Labute approximate surface area is 189 Å². The van der Waals surface area contributed by atoms with Gasteiger partial charge in [0.2, 0.25) is 0 Å². The van der Waals surface area contributed by atoms with Crippen LogP contribution in [0.3, 0.4) is 0 Å². The van der Waals surface area contributed by atoms with E-state index in [2.05, 4.69) is 44.7 Å². The number of methoxy groups -OCH3 is 1. The maximum atomic E-state index is 12.8. The Balaban J connectivity index is 1.34. The molecule has 2 heterocycles. The lowest BCUT2D eigenvalue weighted by molar-refractivity contribution is 0.0600. The van der Waals surface area contributed by atoms with E-state index >= 15 is 0 Å². The number of rotatable bonds is 6. The van der Waals surface area contributed by atoms with E-state index in [0.717, 1.165) is 64.1 Å². The fourth-order valence-electron chi connectivity index (χ4n) is 4.54. The number of urea groups is 1. The maximum Gasteiger partial charge on any atom is 0.337 e. The number of hydrogen-bond donors (Lipinski definition) is 2. The van der Waals surface area contributed by atoms with Gasteiger partial charge in [0.25, 0.3) is 0 Å². The molecule has 0 spiro atoms. The molecule has 0 unspecified atom stereocenters. The van der Waals surface area contributed by atoms with Gasteiger partial charge in [-0.1, -0.05) is 30.3 Å². The molecule has 0 aromatic heterocycles. The standard InChI is InChI=1S/C25H32N4O3/c1-32-24(30)20-9-10-23(29-13-5-6-14-29)22(17-20)27-25(31)26-21-11-15-28(16-12-21)18-19-7-3-2-4-8-19/h2-4,7-10,17,21H,5-6,11-16,18H2,1H3,(H2,26,27,31). The molecule has 0 saturated carbocycles. The molecule has 0 bridgehead atoms. The molecule has 2 aromatic rings. The Morgan fingerprint density at radius 3 is 2.41 bits per heavy atom. The second-order valence-electron chi connectivity index (χ2n) is 8.55. The van der Waals surface area contributed by atoms with Crippen LogP contribution in [0.25, 0.3) is 0 Å². The number of benzene rings is 2. The number of carbonyl (C=O) groups is 2. The third-order valence-electron chi connectivity index (χ3n) is 6.28. The number of carbonyl (C=O) groups excluding carboxylic acids is 2. The smallest absolute Gasteiger partial charge is 0.337 e. The van der Waals surface area contributed by atoms with Crippen LogP contribution < -0.4 is 15.5 Å². The molecule has 0 aliphatic carbocycles. The number of esters is 1. The molecule has 2 fully saturated rings. The van der Waals surface area contributed by atoms with Crippen LogP contribution >= 0.6 is 0 Å². The van der Waals surface area contributed by atoms with Gasteiger partial charge in [-0.3, -0.25) is 4.90 Å². The van der Waals surface area contributed by atoms with Crippen molar-refractivity contribution >= 4 is 23.4 Å². The summed E-state index contributed by atoms with van der Waals surface area (Å²) in [6.07, 6.45) is 4.10. The van der Waals surface area contributed by atoms with E-state index in [9.17, 15) is 9.59 Å². The van der Waals surface area contributed by atoms with Gasteiger partial charge in [0.1, 0.15) is 0 Å². The SMILES string of the molecule is COC(=O)c1ccc(N2CCCC2)c(NC(=O)NC2CCN(Cc3ccccc3)CC2)c1. The van der Waals surface area contributed by atoms with Crippen molar-refractivity contribution < 1.29 is 14.3 Å². The number of nitrogens with one attached hydrogen (secondary N) is 2. The summed E-state index contributed by atoms with van der Waals surface area (Å²) in [6, 6.07) is 15.8. The summed E-state index contributed by atoms with van der Waals surface area (Å²) in [7, 11) is 1.36. The molecule has 2 aromatic carbocycles. The molecular weight excluding hydrogens is 404 g/mol. The van der Waals surface area contributed by atoms with Crippen LogP contribution in [0, 0.1) is 0 Å². The lowest BCUT2D eigenvalue weighted by atomic mass is 10.0. The van der Waals surface area contributed by atoms with Crippen molar-refractivity contribution in [2.75, 3.05) is 43.5 Å². The van der Waals surface area contributed by atoms with Crippen molar-refractivity contribution in [1.82, 2.24) is 10.2 Å². The molecule has 2 N–H and O–H groups in total. The monoisotopic (exact) mass is 436 g/mol. The zero-order valence-corrected chi connectivity index (χ0v) is 18.7. The lowest BCUT2D eigenvalue weighted by Gasteiger charge is -2.32. The van der Waals surface area contributed by atoms with Gasteiger partial charge in [-0.2, -0.15) is 0 Å². The highest BCUT2D eigenvalue weighted by atomic mass is 16.5. The summed E-state index contributed by atoms with van der Waals surface area (Å²) >= 11 is 0. The topological polar surface area (TPSA) is 73.9 Å². The van der Waals surface area contributed by atoms with E-state index in [1.54, 1.807) is 12.1 Å². The Kier molecular flexibility index (Phi) is 7.27. The second kappa shape index (κ2) is 10.5. The Morgan fingerprint density at radius 1 is 1.00 bits per heavy atom. The van der Waals surface area contributed by atoms with Crippen LogP contribution in [0.1, 0.15) is 41.6 Å². The molecule has 170 valence electrons. The van der Waals surface area contributed by atoms with Crippen LogP contribution in [0.5, 0.6) is 0 Å². The number of amides is 2. The van der Waals surface area contributed by atoms with E-state index in [1.165, 1.54) is 12.7 Å². The third-order valence-corrected chi connectivity index (χ3v) is 6.28. The number of nitrogens with zero attached hydrogens (tertiary/aromatic N) is 2. The minimum atomic E-state index is -0.410. The Hall–Kier alpha value is -3.06. The first-order valence-corrected chi connectivity index (χ1v) is 11.4. The van der Waals surface area contributed by atoms with E-state index in [0.29, 0.717) is 11.3 Å². The molecule has 2 aliphatic rings. The van der Waals surface area contributed by atoms with Gasteiger partial charge in [-0.25, -0.2) is 9.59 Å². The average Bonchev–Trinajstić information content (AvgIpc) is 3.35. The molecule has 2 amide bonds. The minimum Gasteiger partial charge on any atom is -0.465 e. The summed E-state index contributed by atoms with van der Waals surface area (Å²) in [4.78, 5) is 29.5. The number of likely N-dealkylation sites (tertiary alicyclic amines) is 1. The van der Waals surface area contributed by atoms with Gasteiger partial charge >= 0.3 is 12.0 Å². The summed E-state index contributed by atoms with van der Waals surface area (Å²) in [5.41, 5.74) is 3.34. The normalized spacial score (nSPS) is 17.2. The quantitative estimate of drug-likeness (QED) is 0.673. The van der Waals surface area contributed by atoms with Crippen molar-refractivity contribution in [2.24, 2.45) is 0 Å². The summed E-state index contributed by atoms with van der Waals surface area (Å²) < 4.78 is 4.85. The fraction of sp³-hybridized carbons (Fsp3) is 0.440.